The normalized spacial score (nSPS) is 12.9. The van der Waals surface area contributed by atoms with Crippen molar-refractivity contribution in [2.24, 2.45) is 0 Å². The number of aromatic nitrogens is 2. The number of nitrogens with zero attached hydrogens (tertiary/aromatic N) is 3. The first-order valence-corrected chi connectivity index (χ1v) is 7.87. The molecule has 1 rings (SSSR count). The molecular weight excluding hydrogens is 248 g/mol. The average Bonchev–Trinajstić information content (AvgIpc) is 2.44. The maximum Gasteiger partial charge on any atom is 0.129 e. The Kier molecular flexibility index (Phi) is 7.52. The molecular formula is C16H30N4. The minimum absolute atomic E-state index is 0.441. The summed E-state index contributed by atoms with van der Waals surface area (Å²) in [5, 5.41) is 3.48. The Hall–Kier alpha value is -1.16. The topological polar surface area (TPSA) is 41.0 Å². The third-order valence-electron chi connectivity index (χ3n) is 3.68. The molecule has 0 amide bonds. The molecule has 1 atom stereocenters. The highest BCUT2D eigenvalue weighted by atomic mass is 15.1. The van der Waals surface area contributed by atoms with Gasteiger partial charge in [0.1, 0.15) is 12.1 Å². The van der Waals surface area contributed by atoms with E-state index >= 15 is 0 Å². The van der Waals surface area contributed by atoms with Crippen LogP contribution in [0.4, 0.5) is 5.82 Å². The van der Waals surface area contributed by atoms with Gasteiger partial charge in [-0.3, -0.25) is 0 Å². The van der Waals surface area contributed by atoms with Crippen molar-refractivity contribution >= 4 is 5.82 Å². The van der Waals surface area contributed by atoms with E-state index < -0.39 is 0 Å². The molecule has 1 N–H and O–H groups in total. The van der Waals surface area contributed by atoms with Gasteiger partial charge in [0.2, 0.25) is 0 Å². The van der Waals surface area contributed by atoms with Gasteiger partial charge in [0.25, 0.3) is 0 Å². The van der Waals surface area contributed by atoms with Gasteiger partial charge in [-0.1, -0.05) is 27.7 Å². The highest BCUT2D eigenvalue weighted by Crippen LogP contribution is 2.15. The summed E-state index contributed by atoms with van der Waals surface area (Å²) >= 11 is 0. The van der Waals surface area contributed by atoms with Crippen LogP contribution in [0, 0.1) is 0 Å². The lowest BCUT2D eigenvalue weighted by atomic mass is 10.1. The van der Waals surface area contributed by atoms with Crippen LogP contribution < -0.4 is 5.32 Å². The van der Waals surface area contributed by atoms with Crippen LogP contribution in [-0.4, -0.2) is 40.5 Å². The van der Waals surface area contributed by atoms with E-state index in [9.17, 15) is 0 Å². The largest absolute Gasteiger partial charge is 0.368 e. The monoisotopic (exact) mass is 278 g/mol. The summed E-state index contributed by atoms with van der Waals surface area (Å²) in [5.41, 5.74) is 1.10. The minimum Gasteiger partial charge on any atom is -0.368 e. The summed E-state index contributed by atoms with van der Waals surface area (Å²) in [4.78, 5) is 11.1. The van der Waals surface area contributed by atoms with E-state index in [2.05, 4.69) is 60.9 Å². The van der Waals surface area contributed by atoms with Crippen LogP contribution >= 0.6 is 0 Å². The van der Waals surface area contributed by atoms with E-state index in [1.54, 1.807) is 6.33 Å². The van der Waals surface area contributed by atoms with Gasteiger partial charge >= 0.3 is 0 Å². The van der Waals surface area contributed by atoms with Crippen molar-refractivity contribution in [3.63, 3.8) is 0 Å². The Bertz CT molecular complexity index is 374. The number of rotatable bonds is 9. The molecule has 4 heteroatoms. The Morgan fingerprint density at radius 1 is 1.15 bits per heavy atom. The van der Waals surface area contributed by atoms with Crippen molar-refractivity contribution in [2.75, 3.05) is 25.0 Å². The molecule has 1 heterocycles. The third kappa shape index (κ3) is 5.87. The highest BCUT2D eigenvalue weighted by molar-refractivity contribution is 5.36. The lowest BCUT2D eigenvalue weighted by Crippen LogP contribution is -2.25. The van der Waals surface area contributed by atoms with E-state index in [0.717, 1.165) is 31.0 Å². The first kappa shape index (κ1) is 16.9. The highest BCUT2D eigenvalue weighted by Gasteiger charge is 2.07. The fourth-order valence-corrected chi connectivity index (χ4v) is 2.25. The van der Waals surface area contributed by atoms with Crippen LogP contribution in [0.3, 0.4) is 0 Å². The molecule has 1 aromatic rings. The van der Waals surface area contributed by atoms with E-state index in [-0.39, 0.29) is 0 Å². The van der Waals surface area contributed by atoms with Crippen LogP contribution in [0.1, 0.15) is 59.1 Å². The smallest absolute Gasteiger partial charge is 0.129 e. The summed E-state index contributed by atoms with van der Waals surface area (Å²) in [6.07, 6.45) is 4.04. The lowest BCUT2D eigenvalue weighted by Gasteiger charge is -2.20. The van der Waals surface area contributed by atoms with Crippen molar-refractivity contribution in [2.45, 2.75) is 59.4 Å². The first-order chi connectivity index (χ1) is 9.56. The van der Waals surface area contributed by atoms with Crippen LogP contribution in [0.25, 0.3) is 0 Å². The van der Waals surface area contributed by atoms with Gasteiger partial charge in [-0.2, -0.15) is 0 Å². The van der Waals surface area contributed by atoms with Gasteiger partial charge in [0.05, 0.1) is 0 Å². The van der Waals surface area contributed by atoms with Crippen molar-refractivity contribution in [3.8, 4) is 0 Å². The Labute approximate surface area is 124 Å². The van der Waals surface area contributed by atoms with E-state index in [1.807, 2.05) is 0 Å². The van der Waals surface area contributed by atoms with Crippen molar-refractivity contribution < 1.29 is 0 Å². The van der Waals surface area contributed by atoms with Gasteiger partial charge in [0, 0.05) is 17.8 Å². The fraction of sp³-hybridized carbons (Fsp3) is 0.750. The second-order valence-electron chi connectivity index (χ2n) is 5.70. The fourth-order valence-electron chi connectivity index (χ4n) is 2.25. The molecule has 0 saturated carbocycles. The quantitative estimate of drug-likeness (QED) is 0.750. The molecule has 1 aromatic heterocycles. The van der Waals surface area contributed by atoms with Crippen LogP contribution in [-0.2, 0) is 0 Å². The van der Waals surface area contributed by atoms with Crippen molar-refractivity contribution in [1.82, 2.24) is 14.9 Å². The van der Waals surface area contributed by atoms with Gasteiger partial charge in [-0.25, -0.2) is 9.97 Å². The lowest BCUT2D eigenvalue weighted by molar-refractivity contribution is 0.295. The minimum atomic E-state index is 0.441. The van der Waals surface area contributed by atoms with Crippen LogP contribution in [0.5, 0.6) is 0 Å². The summed E-state index contributed by atoms with van der Waals surface area (Å²) in [6, 6.07) is 2.51. The Morgan fingerprint density at radius 2 is 1.85 bits per heavy atom. The van der Waals surface area contributed by atoms with E-state index in [0.29, 0.717) is 12.0 Å². The van der Waals surface area contributed by atoms with Gasteiger partial charge in [-0.05, 0) is 45.3 Å². The molecule has 0 bridgehead atoms. The molecule has 0 saturated heterocycles. The predicted molar refractivity (Wildman–Crippen MR) is 86.2 cm³/mol. The SMILES string of the molecule is CCN(CC)CCCC(C)Nc1cc(C(C)C)ncn1. The molecule has 0 spiro atoms. The standard InChI is InChI=1S/C16H30N4/c1-6-20(7-2)10-8-9-14(5)19-16-11-15(13(3)4)17-12-18-16/h11-14H,6-10H2,1-5H3,(H,17,18,19). The van der Waals surface area contributed by atoms with E-state index in [4.69, 9.17) is 0 Å². The summed E-state index contributed by atoms with van der Waals surface area (Å²) < 4.78 is 0. The molecule has 4 nitrogen and oxygen atoms in total. The Balaban J connectivity index is 2.38. The zero-order chi connectivity index (χ0) is 15.0. The number of nitrogens with one attached hydrogen (secondary N) is 1. The molecule has 114 valence electrons. The van der Waals surface area contributed by atoms with Gasteiger partial charge in [-0.15, -0.1) is 0 Å². The zero-order valence-electron chi connectivity index (χ0n) is 13.7. The van der Waals surface area contributed by atoms with E-state index in [1.165, 1.54) is 13.0 Å². The number of anilines is 1. The Morgan fingerprint density at radius 3 is 2.45 bits per heavy atom. The van der Waals surface area contributed by atoms with Crippen molar-refractivity contribution in [3.05, 3.63) is 18.1 Å². The second kappa shape index (κ2) is 8.90. The molecule has 0 aliphatic rings. The summed E-state index contributed by atoms with van der Waals surface area (Å²) in [6.45, 7) is 14.4. The average molecular weight is 278 g/mol. The van der Waals surface area contributed by atoms with Crippen molar-refractivity contribution in [1.29, 1.82) is 0 Å². The molecule has 0 aliphatic heterocycles. The predicted octanol–water partition coefficient (Wildman–Crippen LogP) is 3.52. The molecule has 1 unspecified atom stereocenters. The first-order valence-electron chi connectivity index (χ1n) is 7.87. The summed E-state index contributed by atoms with van der Waals surface area (Å²) in [5.74, 6) is 1.38. The number of hydrogen-bond acceptors (Lipinski definition) is 4. The second-order valence-corrected chi connectivity index (χ2v) is 5.70. The maximum absolute atomic E-state index is 4.30. The molecule has 0 radical (unpaired) electrons. The number of hydrogen-bond donors (Lipinski definition) is 1. The third-order valence-corrected chi connectivity index (χ3v) is 3.68. The van der Waals surface area contributed by atoms with Crippen LogP contribution in [0.2, 0.25) is 0 Å². The van der Waals surface area contributed by atoms with Crippen LogP contribution in [0.15, 0.2) is 12.4 Å². The maximum atomic E-state index is 4.30. The molecule has 0 aromatic carbocycles. The molecule has 0 aliphatic carbocycles. The van der Waals surface area contributed by atoms with Gasteiger partial charge < -0.3 is 10.2 Å². The zero-order valence-corrected chi connectivity index (χ0v) is 13.7. The summed E-state index contributed by atoms with van der Waals surface area (Å²) in [7, 11) is 0. The molecule has 0 fully saturated rings. The molecule has 20 heavy (non-hydrogen) atoms. The van der Waals surface area contributed by atoms with Gasteiger partial charge in [0.15, 0.2) is 0 Å².